The second kappa shape index (κ2) is 3.63. The Balaban J connectivity index is 2.51. The fourth-order valence-corrected chi connectivity index (χ4v) is 1.21. The van der Waals surface area contributed by atoms with E-state index < -0.39 is 0 Å². The summed E-state index contributed by atoms with van der Waals surface area (Å²) in [5.41, 5.74) is 0. The third-order valence-electron chi connectivity index (χ3n) is 1.67. The molecule has 2 heterocycles. The lowest BCUT2D eigenvalue weighted by Gasteiger charge is -2.04. The molecule has 2 rings (SSSR count). The van der Waals surface area contributed by atoms with E-state index in [9.17, 15) is 0 Å². The number of anilines is 1. The highest BCUT2D eigenvalue weighted by molar-refractivity contribution is 6.32. The molecule has 1 N–H and O–H groups in total. The second-order valence-electron chi connectivity index (χ2n) is 2.57. The zero-order valence-corrected chi connectivity index (χ0v) is 8.23. The third kappa shape index (κ3) is 1.54. The maximum atomic E-state index is 5.93. The Morgan fingerprint density at radius 2 is 2.36 bits per heavy atom. The number of nitrogens with one attached hydrogen (secondary N) is 1. The van der Waals surface area contributed by atoms with E-state index in [1.165, 1.54) is 6.20 Å². The van der Waals surface area contributed by atoms with Gasteiger partial charge < -0.3 is 5.32 Å². The largest absolute Gasteiger partial charge is 0.357 e. The van der Waals surface area contributed by atoms with Gasteiger partial charge in [-0.15, -0.1) is 0 Å². The zero-order chi connectivity index (χ0) is 9.97. The quantitative estimate of drug-likeness (QED) is 0.812. The minimum Gasteiger partial charge on any atom is -0.357 e. The molecular formula is C8H8ClN5. The van der Waals surface area contributed by atoms with Crippen LogP contribution in [-0.4, -0.2) is 26.8 Å². The normalized spacial score (nSPS) is 10.1. The molecule has 0 saturated heterocycles. The fourth-order valence-electron chi connectivity index (χ4n) is 1.03. The Kier molecular flexibility index (Phi) is 2.32. The molecule has 2 aromatic heterocycles. The molecule has 2 aromatic rings. The van der Waals surface area contributed by atoms with Gasteiger partial charge >= 0.3 is 0 Å². The number of nitrogens with zero attached hydrogens (tertiary/aromatic N) is 4. The van der Waals surface area contributed by atoms with Crippen LogP contribution in [0.3, 0.4) is 0 Å². The Morgan fingerprint density at radius 1 is 1.50 bits per heavy atom. The van der Waals surface area contributed by atoms with Crippen molar-refractivity contribution in [3.63, 3.8) is 0 Å². The first-order valence-electron chi connectivity index (χ1n) is 4.01. The number of aromatic nitrogens is 4. The molecule has 0 aliphatic heterocycles. The van der Waals surface area contributed by atoms with E-state index in [-0.39, 0.29) is 0 Å². The van der Waals surface area contributed by atoms with E-state index in [1.54, 1.807) is 30.2 Å². The molecule has 0 radical (unpaired) electrons. The highest BCUT2D eigenvalue weighted by Crippen LogP contribution is 2.17. The first-order chi connectivity index (χ1) is 6.81. The van der Waals surface area contributed by atoms with Gasteiger partial charge in [-0.1, -0.05) is 11.6 Å². The van der Waals surface area contributed by atoms with Crippen LogP contribution < -0.4 is 5.32 Å². The van der Waals surface area contributed by atoms with E-state index in [0.29, 0.717) is 16.8 Å². The molecule has 14 heavy (non-hydrogen) atoms. The van der Waals surface area contributed by atoms with E-state index >= 15 is 0 Å². The summed E-state index contributed by atoms with van der Waals surface area (Å²) in [7, 11) is 1.75. The molecule has 0 amide bonds. The second-order valence-corrected chi connectivity index (χ2v) is 2.97. The van der Waals surface area contributed by atoms with Gasteiger partial charge in [0.1, 0.15) is 5.02 Å². The fraction of sp³-hybridized carbons (Fsp3) is 0.125. The standard InChI is InChI=1S/C8H8ClN5/c1-10-8-11-5-6(9)7(13-8)14-4-2-3-12-14/h2-5H,1H3,(H,10,11,13). The minimum absolute atomic E-state index is 0.465. The van der Waals surface area contributed by atoms with Gasteiger partial charge in [0.15, 0.2) is 5.82 Å². The Hall–Kier alpha value is -1.62. The molecule has 0 aliphatic rings. The van der Waals surface area contributed by atoms with Crippen LogP contribution in [0.5, 0.6) is 0 Å². The van der Waals surface area contributed by atoms with Crippen molar-refractivity contribution in [3.05, 3.63) is 29.7 Å². The molecular weight excluding hydrogens is 202 g/mol. The molecule has 0 fully saturated rings. The summed E-state index contributed by atoms with van der Waals surface area (Å²) >= 11 is 5.93. The van der Waals surface area contributed by atoms with Gasteiger partial charge in [0.25, 0.3) is 0 Å². The predicted octanol–water partition coefficient (Wildman–Crippen LogP) is 1.36. The van der Waals surface area contributed by atoms with Crippen LogP contribution in [0.25, 0.3) is 5.82 Å². The molecule has 0 unspecified atom stereocenters. The summed E-state index contributed by atoms with van der Waals surface area (Å²) in [5.74, 6) is 1.08. The molecule has 0 aliphatic carbocycles. The van der Waals surface area contributed by atoms with Gasteiger partial charge in [-0.05, 0) is 6.07 Å². The van der Waals surface area contributed by atoms with Gasteiger partial charge in [-0.2, -0.15) is 10.1 Å². The summed E-state index contributed by atoms with van der Waals surface area (Å²) < 4.78 is 1.59. The van der Waals surface area contributed by atoms with Gasteiger partial charge in [0.2, 0.25) is 5.95 Å². The monoisotopic (exact) mass is 209 g/mol. The first-order valence-corrected chi connectivity index (χ1v) is 4.39. The highest BCUT2D eigenvalue weighted by Gasteiger charge is 2.06. The average molecular weight is 210 g/mol. The van der Waals surface area contributed by atoms with Gasteiger partial charge in [-0.3, -0.25) is 0 Å². The lowest BCUT2D eigenvalue weighted by Crippen LogP contribution is -2.03. The number of hydrogen-bond acceptors (Lipinski definition) is 4. The molecule has 72 valence electrons. The molecule has 0 bridgehead atoms. The van der Waals surface area contributed by atoms with Crippen molar-refractivity contribution < 1.29 is 0 Å². The topological polar surface area (TPSA) is 55.6 Å². The lowest BCUT2D eigenvalue weighted by molar-refractivity contribution is 0.841. The molecule has 0 saturated carbocycles. The summed E-state index contributed by atoms with van der Waals surface area (Å²) in [5, 5.41) is 7.34. The van der Waals surface area contributed by atoms with Crippen molar-refractivity contribution in [2.45, 2.75) is 0 Å². The highest BCUT2D eigenvalue weighted by atomic mass is 35.5. The van der Waals surface area contributed by atoms with Crippen molar-refractivity contribution in [2.75, 3.05) is 12.4 Å². The zero-order valence-electron chi connectivity index (χ0n) is 7.48. The van der Waals surface area contributed by atoms with Crippen LogP contribution in [-0.2, 0) is 0 Å². The lowest BCUT2D eigenvalue weighted by atomic mass is 10.5. The minimum atomic E-state index is 0.465. The van der Waals surface area contributed by atoms with Gasteiger partial charge in [0, 0.05) is 19.4 Å². The third-order valence-corrected chi connectivity index (χ3v) is 1.94. The summed E-state index contributed by atoms with van der Waals surface area (Å²) in [6.07, 6.45) is 4.97. The van der Waals surface area contributed by atoms with E-state index in [2.05, 4.69) is 20.4 Å². The van der Waals surface area contributed by atoms with Crippen molar-refractivity contribution in [3.8, 4) is 5.82 Å². The van der Waals surface area contributed by atoms with E-state index in [0.717, 1.165) is 0 Å². The number of halogens is 1. The molecule has 0 spiro atoms. The van der Waals surface area contributed by atoms with Crippen molar-refractivity contribution in [2.24, 2.45) is 0 Å². The summed E-state index contributed by atoms with van der Waals surface area (Å²) in [6, 6.07) is 1.80. The van der Waals surface area contributed by atoms with Crippen LogP contribution in [0, 0.1) is 0 Å². The van der Waals surface area contributed by atoms with Crippen LogP contribution in [0.2, 0.25) is 5.02 Å². The van der Waals surface area contributed by atoms with Crippen molar-refractivity contribution >= 4 is 17.5 Å². The molecule has 0 aromatic carbocycles. The maximum absolute atomic E-state index is 5.93. The van der Waals surface area contributed by atoms with Crippen molar-refractivity contribution in [1.82, 2.24) is 19.7 Å². The van der Waals surface area contributed by atoms with Crippen LogP contribution >= 0.6 is 11.6 Å². The molecule has 0 atom stereocenters. The van der Waals surface area contributed by atoms with E-state index in [4.69, 9.17) is 11.6 Å². The van der Waals surface area contributed by atoms with Gasteiger partial charge in [-0.25, -0.2) is 9.67 Å². The molecule has 6 heteroatoms. The predicted molar refractivity (Wildman–Crippen MR) is 53.7 cm³/mol. The number of hydrogen-bond donors (Lipinski definition) is 1. The van der Waals surface area contributed by atoms with Crippen LogP contribution in [0.15, 0.2) is 24.7 Å². The van der Waals surface area contributed by atoms with E-state index in [1.807, 2.05) is 0 Å². The SMILES string of the molecule is CNc1ncc(Cl)c(-n2cccn2)n1. The van der Waals surface area contributed by atoms with Crippen LogP contribution in [0.1, 0.15) is 0 Å². The first kappa shape index (κ1) is 8.96. The maximum Gasteiger partial charge on any atom is 0.224 e. The Bertz CT molecular complexity index is 425. The Morgan fingerprint density at radius 3 is 3.00 bits per heavy atom. The summed E-state index contributed by atoms with van der Waals surface area (Å²) in [4.78, 5) is 8.15. The smallest absolute Gasteiger partial charge is 0.224 e. The van der Waals surface area contributed by atoms with Crippen molar-refractivity contribution in [1.29, 1.82) is 0 Å². The Labute approximate surface area is 85.8 Å². The van der Waals surface area contributed by atoms with Crippen LogP contribution in [0.4, 0.5) is 5.95 Å². The van der Waals surface area contributed by atoms with Gasteiger partial charge in [0.05, 0.1) is 6.20 Å². The number of rotatable bonds is 2. The summed E-state index contributed by atoms with van der Waals surface area (Å²) in [6.45, 7) is 0. The average Bonchev–Trinajstić information content (AvgIpc) is 2.71. The molecule has 5 nitrogen and oxygen atoms in total.